The van der Waals surface area contributed by atoms with Crippen LogP contribution < -0.4 is 10.9 Å². The Balaban J connectivity index is 2.33. The first kappa shape index (κ1) is 17.8. The third-order valence-electron chi connectivity index (χ3n) is 3.67. The van der Waals surface area contributed by atoms with Gasteiger partial charge in [-0.15, -0.1) is 0 Å². The van der Waals surface area contributed by atoms with E-state index in [4.69, 9.17) is 5.11 Å². The minimum atomic E-state index is -0.606. The average molecular weight is 333 g/mol. The van der Waals surface area contributed by atoms with Crippen LogP contribution in [0.15, 0.2) is 41.2 Å². The van der Waals surface area contributed by atoms with E-state index in [1.165, 1.54) is 30.3 Å². The zero-order valence-corrected chi connectivity index (χ0v) is 13.6. The highest BCUT2D eigenvalue weighted by Crippen LogP contribution is 2.10. The maximum atomic E-state index is 13.9. The normalized spacial score (nSPS) is 12.2. The Kier molecular flexibility index (Phi) is 5.81. The van der Waals surface area contributed by atoms with Crippen molar-refractivity contribution in [1.82, 2.24) is 15.1 Å². The van der Waals surface area contributed by atoms with Gasteiger partial charge in [-0.05, 0) is 30.5 Å². The van der Waals surface area contributed by atoms with E-state index >= 15 is 0 Å². The maximum absolute atomic E-state index is 13.9. The standard InChI is InChI=1S/C17H20FN3O3/c1-11(2)13(9-10-22)19-17(24)14-7-8-16(23)21(20-14)15-6-4-3-5-12(15)18/h3-8,11,13,22H,9-10H2,1-2H3,(H,19,24). The molecular formula is C17H20FN3O3. The lowest BCUT2D eigenvalue weighted by atomic mass is 10.0. The average Bonchev–Trinajstić information content (AvgIpc) is 2.55. The van der Waals surface area contributed by atoms with Gasteiger partial charge in [-0.3, -0.25) is 9.59 Å². The van der Waals surface area contributed by atoms with E-state index < -0.39 is 17.3 Å². The summed E-state index contributed by atoms with van der Waals surface area (Å²) in [6.07, 6.45) is 0.413. The first-order valence-electron chi connectivity index (χ1n) is 7.71. The third-order valence-corrected chi connectivity index (χ3v) is 3.67. The fourth-order valence-corrected chi connectivity index (χ4v) is 2.28. The van der Waals surface area contributed by atoms with Crippen molar-refractivity contribution >= 4 is 5.91 Å². The number of nitrogens with zero attached hydrogens (tertiary/aromatic N) is 2. The summed E-state index contributed by atoms with van der Waals surface area (Å²) in [5.41, 5.74) is -0.554. The summed E-state index contributed by atoms with van der Waals surface area (Å²) in [7, 11) is 0. The Hall–Kier alpha value is -2.54. The number of para-hydroxylation sites is 1. The molecule has 128 valence electrons. The van der Waals surface area contributed by atoms with Crippen molar-refractivity contribution in [2.45, 2.75) is 26.3 Å². The molecule has 6 nitrogen and oxygen atoms in total. The second-order valence-corrected chi connectivity index (χ2v) is 5.76. The highest BCUT2D eigenvalue weighted by atomic mass is 19.1. The van der Waals surface area contributed by atoms with Crippen LogP contribution in [0.25, 0.3) is 5.69 Å². The molecule has 2 aromatic rings. The number of amides is 1. The number of hydrogen-bond donors (Lipinski definition) is 2. The van der Waals surface area contributed by atoms with Crippen molar-refractivity contribution < 1.29 is 14.3 Å². The number of hydrogen-bond acceptors (Lipinski definition) is 4. The van der Waals surface area contributed by atoms with Crippen LogP contribution in [0.5, 0.6) is 0 Å². The van der Waals surface area contributed by atoms with Gasteiger partial charge in [0.1, 0.15) is 17.2 Å². The van der Waals surface area contributed by atoms with E-state index in [2.05, 4.69) is 10.4 Å². The number of aliphatic hydroxyl groups is 1. The highest BCUT2D eigenvalue weighted by Gasteiger charge is 2.19. The first-order valence-corrected chi connectivity index (χ1v) is 7.71. The molecule has 0 bridgehead atoms. The molecule has 24 heavy (non-hydrogen) atoms. The SMILES string of the molecule is CC(C)C(CCO)NC(=O)c1ccc(=O)n(-c2ccccc2F)n1. The molecule has 2 N–H and O–H groups in total. The van der Waals surface area contributed by atoms with Gasteiger partial charge in [-0.1, -0.05) is 26.0 Å². The molecule has 0 spiro atoms. The van der Waals surface area contributed by atoms with E-state index in [-0.39, 0.29) is 29.9 Å². The van der Waals surface area contributed by atoms with Gasteiger partial charge in [0.05, 0.1) is 0 Å². The summed E-state index contributed by atoms with van der Waals surface area (Å²) >= 11 is 0. The summed E-state index contributed by atoms with van der Waals surface area (Å²) < 4.78 is 14.7. The molecule has 1 aromatic carbocycles. The molecule has 1 aromatic heterocycles. The molecule has 1 unspecified atom stereocenters. The number of carbonyl (C=O) groups is 1. The lowest BCUT2D eigenvalue weighted by molar-refractivity contribution is 0.0909. The molecule has 0 aliphatic heterocycles. The van der Waals surface area contributed by atoms with Crippen LogP contribution >= 0.6 is 0 Å². The van der Waals surface area contributed by atoms with Crippen molar-refractivity contribution in [3.63, 3.8) is 0 Å². The van der Waals surface area contributed by atoms with Crippen molar-refractivity contribution in [3.05, 3.63) is 58.3 Å². The van der Waals surface area contributed by atoms with Crippen LogP contribution in [0.3, 0.4) is 0 Å². The van der Waals surface area contributed by atoms with Crippen molar-refractivity contribution in [2.75, 3.05) is 6.61 Å². The van der Waals surface area contributed by atoms with E-state index in [1.54, 1.807) is 6.07 Å². The topological polar surface area (TPSA) is 84.2 Å². The molecule has 7 heteroatoms. The predicted molar refractivity (Wildman–Crippen MR) is 87.6 cm³/mol. The van der Waals surface area contributed by atoms with Crippen molar-refractivity contribution in [2.24, 2.45) is 5.92 Å². The van der Waals surface area contributed by atoms with Crippen LogP contribution in [0.1, 0.15) is 30.8 Å². The second kappa shape index (κ2) is 7.83. The smallest absolute Gasteiger partial charge is 0.271 e. The van der Waals surface area contributed by atoms with Gasteiger partial charge in [-0.2, -0.15) is 9.78 Å². The fraction of sp³-hybridized carbons (Fsp3) is 0.353. The zero-order valence-electron chi connectivity index (χ0n) is 13.6. The molecule has 0 aliphatic rings. The van der Waals surface area contributed by atoms with E-state index in [1.807, 2.05) is 13.8 Å². The Morgan fingerprint density at radius 2 is 2.00 bits per heavy atom. The number of carbonyl (C=O) groups excluding carboxylic acids is 1. The molecule has 1 amide bonds. The highest BCUT2D eigenvalue weighted by molar-refractivity contribution is 5.92. The number of halogens is 1. The van der Waals surface area contributed by atoms with E-state index in [0.717, 1.165) is 4.68 Å². The second-order valence-electron chi connectivity index (χ2n) is 5.76. The molecule has 0 saturated carbocycles. The molecule has 1 atom stereocenters. The summed E-state index contributed by atoms with van der Waals surface area (Å²) in [6, 6.07) is 7.95. The van der Waals surface area contributed by atoms with Crippen molar-refractivity contribution in [1.29, 1.82) is 0 Å². The summed E-state index contributed by atoms with van der Waals surface area (Å²) in [4.78, 5) is 24.3. The number of aromatic nitrogens is 2. The third kappa shape index (κ3) is 4.05. The summed E-state index contributed by atoms with van der Waals surface area (Å²) in [6.45, 7) is 3.80. The minimum absolute atomic E-state index is 0.00134. The molecule has 0 aliphatic carbocycles. The Bertz CT molecular complexity index is 774. The molecule has 0 radical (unpaired) electrons. The largest absolute Gasteiger partial charge is 0.396 e. The van der Waals surface area contributed by atoms with Crippen molar-refractivity contribution in [3.8, 4) is 5.69 Å². The number of benzene rings is 1. The van der Waals surface area contributed by atoms with Gasteiger partial charge >= 0.3 is 0 Å². The molecular weight excluding hydrogens is 313 g/mol. The summed E-state index contributed by atoms with van der Waals surface area (Å²) in [5.74, 6) is -0.962. The number of nitrogens with one attached hydrogen (secondary N) is 1. The van der Waals surface area contributed by atoms with Crippen LogP contribution in [-0.4, -0.2) is 33.4 Å². The predicted octanol–water partition coefficient (Wildman–Crippen LogP) is 1.51. The van der Waals surface area contributed by atoms with Gasteiger partial charge in [0.15, 0.2) is 0 Å². The monoisotopic (exact) mass is 333 g/mol. The maximum Gasteiger partial charge on any atom is 0.271 e. The minimum Gasteiger partial charge on any atom is -0.396 e. The van der Waals surface area contributed by atoms with Crippen LogP contribution in [0, 0.1) is 11.7 Å². The molecule has 2 rings (SSSR count). The van der Waals surface area contributed by atoms with Gasteiger partial charge in [0.25, 0.3) is 11.5 Å². The molecule has 1 heterocycles. The number of rotatable bonds is 6. The Morgan fingerprint density at radius 1 is 1.29 bits per heavy atom. The van der Waals surface area contributed by atoms with E-state index in [0.29, 0.717) is 6.42 Å². The summed E-state index contributed by atoms with van der Waals surface area (Å²) in [5, 5.41) is 15.8. The van der Waals surface area contributed by atoms with Gasteiger partial charge < -0.3 is 10.4 Å². The fourth-order valence-electron chi connectivity index (χ4n) is 2.28. The lowest BCUT2D eigenvalue weighted by Crippen LogP contribution is -2.40. The Morgan fingerprint density at radius 3 is 2.62 bits per heavy atom. The molecule has 0 saturated heterocycles. The van der Waals surface area contributed by atoms with Gasteiger partial charge in [0.2, 0.25) is 0 Å². The quantitative estimate of drug-likeness (QED) is 0.839. The molecule has 0 fully saturated rings. The van der Waals surface area contributed by atoms with Crippen LogP contribution in [-0.2, 0) is 0 Å². The van der Waals surface area contributed by atoms with Crippen LogP contribution in [0.2, 0.25) is 0 Å². The van der Waals surface area contributed by atoms with Gasteiger partial charge in [-0.25, -0.2) is 4.39 Å². The lowest BCUT2D eigenvalue weighted by Gasteiger charge is -2.21. The number of aliphatic hydroxyl groups excluding tert-OH is 1. The van der Waals surface area contributed by atoms with Gasteiger partial charge in [0, 0.05) is 18.7 Å². The van der Waals surface area contributed by atoms with E-state index in [9.17, 15) is 14.0 Å². The zero-order chi connectivity index (χ0) is 17.7. The Labute approximate surface area is 138 Å². The first-order chi connectivity index (χ1) is 11.4. The van der Waals surface area contributed by atoms with Crippen LogP contribution in [0.4, 0.5) is 4.39 Å².